The zero-order valence-corrected chi connectivity index (χ0v) is 14.4. The lowest BCUT2D eigenvalue weighted by molar-refractivity contribution is -0.160. The number of hydrogen-bond acceptors (Lipinski definition) is 3. The Kier molecular flexibility index (Phi) is 5.32. The molecule has 0 spiro atoms. The van der Waals surface area contributed by atoms with Gasteiger partial charge >= 0.3 is 5.97 Å². The molecule has 1 aliphatic carbocycles. The van der Waals surface area contributed by atoms with Crippen LogP contribution in [0.25, 0.3) is 0 Å². The summed E-state index contributed by atoms with van der Waals surface area (Å²) in [6.07, 6.45) is 3.53. The molecular weight excluding hydrogens is 296 g/mol. The van der Waals surface area contributed by atoms with Crippen molar-refractivity contribution in [1.82, 2.24) is 9.80 Å². The maximum absolute atomic E-state index is 12.4. The highest BCUT2D eigenvalue weighted by atomic mass is 16.4. The molecule has 0 unspecified atom stereocenters. The first-order valence-corrected chi connectivity index (χ1v) is 8.55. The minimum absolute atomic E-state index is 0.0245. The van der Waals surface area contributed by atoms with E-state index in [1.807, 2.05) is 20.9 Å². The van der Waals surface area contributed by atoms with Crippen molar-refractivity contribution < 1.29 is 19.5 Å². The van der Waals surface area contributed by atoms with Gasteiger partial charge in [-0.15, -0.1) is 0 Å². The predicted octanol–water partition coefficient (Wildman–Crippen LogP) is 1.74. The molecule has 6 heteroatoms. The number of rotatable bonds is 5. The highest BCUT2D eigenvalue weighted by Gasteiger charge is 2.46. The van der Waals surface area contributed by atoms with E-state index >= 15 is 0 Å². The molecule has 0 aromatic rings. The zero-order valence-electron chi connectivity index (χ0n) is 14.4. The maximum Gasteiger partial charge on any atom is 0.310 e. The smallest absolute Gasteiger partial charge is 0.310 e. The number of carboxylic acid groups (broad SMARTS) is 1. The minimum atomic E-state index is -0.847. The Bertz CT molecular complexity index is 477. The fraction of sp³-hybridized carbons (Fsp3) is 0.824. The summed E-state index contributed by atoms with van der Waals surface area (Å²) in [5.41, 5.74) is -0.832. The van der Waals surface area contributed by atoms with E-state index < -0.39 is 11.4 Å². The van der Waals surface area contributed by atoms with E-state index in [4.69, 9.17) is 0 Å². The molecule has 6 nitrogen and oxygen atoms in total. The predicted molar refractivity (Wildman–Crippen MR) is 85.7 cm³/mol. The Morgan fingerprint density at radius 1 is 1.22 bits per heavy atom. The van der Waals surface area contributed by atoms with Crippen LogP contribution < -0.4 is 0 Å². The summed E-state index contributed by atoms with van der Waals surface area (Å²) in [7, 11) is 1.82. The van der Waals surface area contributed by atoms with Crippen molar-refractivity contribution in [2.75, 3.05) is 20.1 Å². The molecule has 0 aromatic heterocycles. The van der Waals surface area contributed by atoms with E-state index in [-0.39, 0.29) is 30.2 Å². The fourth-order valence-electron chi connectivity index (χ4n) is 3.39. The SMILES string of the molecule is CC(C)N(C)C(=O)C1CCN(C(=O)CC2(C(=O)O)CCC2)CC1. The Morgan fingerprint density at radius 2 is 1.78 bits per heavy atom. The molecule has 0 radical (unpaired) electrons. The van der Waals surface area contributed by atoms with Crippen LogP contribution in [0.5, 0.6) is 0 Å². The largest absolute Gasteiger partial charge is 0.481 e. The van der Waals surface area contributed by atoms with Crippen molar-refractivity contribution >= 4 is 17.8 Å². The van der Waals surface area contributed by atoms with Gasteiger partial charge in [0.1, 0.15) is 0 Å². The van der Waals surface area contributed by atoms with Crippen LogP contribution in [0, 0.1) is 11.3 Å². The van der Waals surface area contributed by atoms with Gasteiger partial charge in [0.25, 0.3) is 0 Å². The lowest BCUT2D eigenvalue weighted by atomic mass is 9.66. The first-order chi connectivity index (χ1) is 10.8. The first kappa shape index (κ1) is 17.8. The summed E-state index contributed by atoms with van der Waals surface area (Å²) < 4.78 is 0. The van der Waals surface area contributed by atoms with Gasteiger partial charge in [-0.3, -0.25) is 14.4 Å². The second kappa shape index (κ2) is 6.89. The number of carbonyl (C=O) groups excluding carboxylic acids is 2. The second-order valence-corrected chi connectivity index (χ2v) is 7.31. The summed E-state index contributed by atoms with van der Waals surface area (Å²) in [6, 6.07) is 0.177. The van der Waals surface area contributed by atoms with Crippen molar-refractivity contribution in [3.05, 3.63) is 0 Å². The molecule has 2 amide bonds. The van der Waals surface area contributed by atoms with Crippen LogP contribution in [0.4, 0.5) is 0 Å². The molecule has 2 aliphatic rings. The number of piperidine rings is 1. The Morgan fingerprint density at radius 3 is 2.17 bits per heavy atom. The quantitative estimate of drug-likeness (QED) is 0.835. The fourth-order valence-corrected chi connectivity index (χ4v) is 3.39. The molecule has 1 saturated carbocycles. The average molecular weight is 324 g/mol. The first-order valence-electron chi connectivity index (χ1n) is 8.55. The van der Waals surface area contributed by atoms with Gasteiger partial charge in [-0.1, -0.05) is 6.42 Å². The third kappa shape index (κ3) is 3.67. The van der Waals surface area contributed by atoms with Crippen LogP contribution in [-0.4, -0.2) is 58.9 Å². The number of carboxylic acids is 1. The van der Waals surface area contributed by atoms with Crippen LogP contribution in [0.1, 0.15) is 52.4 Å². The number of nitrogens with zero attached hydrogens (tertiary/aromatic N) is 2. The maximum atomic E-state index is 12.4. The molecule has 130 valence electrons. The minimum Gasteiger partial charge on any atom is -0.481 e. The molecule has 0 atom stereocenters. The van der Waals surface area contributed by atoms with Crippen LogP contribution >= 0.6 is 0 Å². The molecule has 23 heavy (non-hydrogen) atoms. The summed E-state index contributed by atoms with van der Waals surface area (Å²) in [5.74, 6) is -0.799. The average Bonchev–Trinajstić information content (AvgIpc) is 2.48. The summed E-state index contributed by atoms with van der Waals surface area (Å²) in [5, 5.41) is 9.34. The van der Waals surface area contributed by atoms with Crippen molar-refractivity contribution in [3.8, 4) is 0 Å². The topological polar surface area (TPSA) is 77.9 Å². The van der Waals surface area contributed by atoms with Crippen LogP contribution in [0.15, 0.2) is 0 Å². The molecule has 0 aromatic carbocycles. The number of amides is 2. The summed E-state index contributed by atoms with van der Waals surface area (Å²) in [6.45, 7) is 5.08. The van der Waals surface area contributed by atoms with Crippen LogP contribution in [0.2, 0.25) is 0 Å². The van der Waals surface area contributed by atoms with Crippen LogP contribution in [0.3, 0.4) is 0 Å². The van der Waals surface area contributed by atoms with E-state index in [1.54, 1.807) is 9.80 Å². The number of likely N-dealkylation sites (tertiary alicyclic amines) is 1. The zero-order chi connectivity index (χ0) is 17.2. The van der Waals surface area contributed by atoms with Crippen LogP contribution in [-0.2, 0) is 14.4 Å². The Balaban J connectivity index is 1.85. The molecule has 1 aliphatic heterocycles. The third-order valence-corrected chi connectivity index (χ3v) is 5.57. The van der Waals surface area contributed by atoms with Crippen molar-refractivity contribution in [2.45, 2.75) is 58.4 Å². The van der Waals surface area contributed by atoms with Gasteiger partial charge in [0.05, 0.1) is 5.41 Å². The molecule has 0 bridgehead atoms. The Labute approximate surface area is 137 Å². The van der Waals surface area contributed by atoms with Gasteiger partial charge in [-0.05, 0) is 39.5 Å². The number of aliphatic carboxylic acids is 1. The summed E-state index contributed by atoms with van der Waals surface area (Å²) in [4.78, 5) is 39.6. The lowest BCUT2D eigenvalue weighted by Gasteiger charge is -2.40. The molecule has 1 N–H and O–H groups in total. The van der Waals surface area contributed by atoms with E-state index in [0.29, 0.717) is 38.8 Å². The van der Waals surface area contributed by atoms with Gasteiger partial charge in [0.15, 0.2) is 0 Å². The molecule has 1 heterocycles. The van der Waals surface area contributed by atoms with E-state index in [0.717, 1.165) is 6.42 Å². The highest BCUT2D eigenvalue weighted by molar-refractivity contribution is 5.86. The van der Waals surface area contributed by atoms with Crippen molar-refractivity contribution in [3.63, 3.8) is 0 Å². The second-order valence-electron chi connectivity index (χ2n) is 7.31. The molecule has 2 fully saturated rings. The van der Waals surface area contributed by atoms with E-state index in [2.05, 4.69) is 0 Å². The third-order valence-electron chi connectivity index (χ3n) is 5.57. The van der Waals surface area contributed by atoms with Gasteiger partial charge in [-0.2, -0.15) is 0 Å². The van der Waals surface area contributed by atoms with E-state index in [1.165, 1.54) is 0 Å². The molecule has 1 saturated heterocycles. The molecular formula is C17H28N2O4. The van der Waals surface area contributed by atoms with Gasteiger partial charge < -0.3 is 14.9 Å². The van der Waals surface area contributed by atoms with E-state index in [9.17, 15) is 19.5 Å². The standard InChI is InChI=1S/C17H28N2O4/c1-12(2)18(3)15(21)13-5-9-19(10-6-13)14(20)11-17(16(22)23)7-4-8-17/h12-13H,4-11H2,1-3H3,(H,22,23). The summed E-state index contributed by atoms with van der Waals surface area (Å²) >= 11 is 0. The highest BCUT2D eigenvalue weighted by Crippen LogP contribution is 2.44. The van der Waals surface area contributed by atoms with Gasteiger partial charge in [0, 0.05) is 38.5 Å². The van der Waals surface area contributed by atoms with Crippen molar-refractivity contribution in [1.29, 1.82) is 0 Å². The molecule has 2 rings (SSSR count). The number of hydrogen-bond donors (Lipinski definition) is 1. The normalized spacial score (nSPS) is 21.0. The van der Waals surface area contributed by atoms with Crippen molar-refractivity contribution in [2.24, 2.45) is 11.3 Å². The Hall–Kier alpha value is -1.59. The number of carbonyl (C=O) groups is 3. The lowest BCUT2D eigenvalue weighted by Crippen LogP contribution is -2.48. The van der Waals surface area contributed by atoms with Gasteiger partial charge in [0.2, 0.25) is 11.8 Å². The van der Waals surface area contributed by atoms with Gasteiger partial charge in [-0.25, -0.2) is 0 Å². The monoisotopic (exact) mass is 324 g/mol.